The number of nitrogens with one attached hydrogen (secondary N) is 1. The summed E-state index contributed by atoms with van der Waals surface area (Å²) in [5.74, 6) is 0.749. The van der Waals surface area contributed by atoms with E-state index in [4.69, 9.17) is 11.6 Å². The zero-order valence-corrected chi connectivity index (χ0v) is 14.4. The summed E-state index contributed by atoms with van der Waals surface area (Å²) in [4.78, 5) is 18.2. The van der Waals surface area contributed by atoms with Gasteiger partial charge < -0.3 is 10.2 Å². The van der Waals surface area contributed by atoms with Crippen molar-refractivity contribution in [2.24, 2.45) is 5.92 Å². The third-order valence-electron chi connectivity index (χ3n) is 3.65. The van der Waals surface area contributed by atoms with E-state index in [1.807, 2.05) is 11.9 Å². The second kappa shape index (κ2) is 10.2. The number of carbonyl (C=O) groups excluding carboxylic acids is 1. The van der Waals surface area contributed by atoms with Gasteiger partial charge in [-0.25, -0.2) is 4.98 Å². The molecular weight excluding hydrogens is 333 g/mol. The number of nitrogens with zero attached hydrogens (tertiary/aromatic N) is 2. The van der Waals surface area contributed by atoms with Gasteiger partial charge in [-0.2, -0.15) is 0 Å². The van der Waals surface area contributed by atoms with Gasteiger partial charge >= 0.3 is 0 Å². The molecule has 0 atom stereocenters. The monoisotopic (exact) mass is 353 g/mol. The smallest absolute Gasteiger partial charge is 0.272 e. The Bertz CT molecular complexity index is 420. The summed E-state index contributed by atoms with van der Waals surface area (Å²) < 4.78 is 0. The Balaban J connectivity index is 0.00000200. The fourth-order valence-electron chi connectivity index (χ4n) is 2.44. The Morgan fingerprint density at radius 3 is 2.57 bits per heavy atom. The van der Waals surface area contributed by atoms with Crippen LogP contribution < -0.4 is 5.32 Å². The highest BCUT2D eigenvalue weighted by Crippen LogP contribution is 2.21. The number of amides is 1. The van der Waals surface area contributed by atoms with Gasteiger partial charge in [0.1, 0.15) is 5.69 Å². The molecule has 1 N–H and O–H groups in total. The van der Waals surface area contributed by atoms with Crippen molar-refractivity contribution in [3.63, 3.8) is 0 Å². The van der Waals surface area contributed by atoms with Gasteiger partial charge in [0.05, 0.1) is 5.02 Å². The highest BCUT2D eigenvalue weighted by molar-refractivity contribution is 6.30. The van der Waals surface area contributed by atoms with Crippen LogP contribution in [0.25, 0.3) is 0 Å². The van der Waals surface area contributed by atoms with Crippen LogP contribution in [-0.4, -0.2) is 42.5 Å². The Kier molecular flexibility index (Phi) is 9.95. The van der Waals surface area contributed by atoms with E-state index in [2.05, 4.69) is 10.3 Å². The summed E-state index contributed by atoms with van der Waals surface area (Å²) >= 11 is 5.78. The van der Waals surface area contributed by atoms with Gasteiger partial charge in [0.15, 0.2) is 0 Å². The highest BCUT2D eigenvalue weighted by Gasteiger charge is 2.23. The minimum Gasteiger partial charge on any atom is -0.337 e. The van der Waals surface area contributed by atoms with Crippen LogP contribution in [0.4, 0.5) is 0 Å². The quantitative estimate of drug-likeness (QED) is 0.904. The lowest BCUT2D eigenvalue weighted by molar-refractivity contribution is 0.0681. The largest absolute Gasteiger partial charge is 0.337 e. The molecular formula is C14H22Cl3N3O. The summed E-state index contributed by atoms with van der Waals surface area (Å²) in [6.45, 7) is 2.71. The lowest BCUT2D eigenvalue weighted by Gasteiger charge is -2.31. The third-order valence-corrected chi connectivity index (χ3v) is 3.87. The maximum Gasteiger partial charge on any atom is 0.272 e. The molecule has 0 radical (unpaired) electrons. The zero-order valence-electron chi connectivity index (χ0n) is 12.0. The Morgan fingerprint density at radius 1 is 1.38 bits per heavy atom. The average molecular weight is 355 g/mol. The number of carbonyl (C=O) groups is 1. The molecule has 120 valence electrons. The normalized spacial score (nSPS) is 15.0. The molecule has 4 nitrogen and oxygen atoms in total. The van der Waals surface area contributed by atoms with E-state index in [-0.39, 0.29) is 30.7 Å². The molecule has 0 aromatic carbocycles. The molecule has 1 aromatic rings. The maximum absolute atomic E-state index is 12.2. The molecule has 1 aliphatic heterocycles. The number of hydrogen-bond acceptors (Lipinski definition) is 3. The number of aromatic nitrogens is 1. The van der Waals surface area contributed by atoms with E-state index in [0.29, 0.717) is 10.7 Å². The van der Waals surface area contributed by atoms with Crippen LogP contribution >= 0.6 is 36.4 Å². The third kappa shape index (κ3) is 5.99. The first kappa shape index (κ1) is 20.5. The SMILES string of the molecule is CNCCC1CCN(C(=O)c2ccc(Cl)cn2)CC1.Cl.Cl. The molecule has 0 spiro atoms. The molecule has 1 aliphatic rings. The van der Waals surface area contributed by atoms with Crippen LogP contribution in [0, 0.1) is 5.92 Å². The number of hydrogen-bond donors (Lipinski definition) is 1. The predicted molar refractivity (Wildman–Crippen MR) is 90.9 cm³/mol. The van der Waals surface area contributed by atoms with Crippen LogP contribution in [0.15, 0.2) is 18.3 Å². The van der Waals surface area contributed by atoms with Gasteiger partial charge in [0, 0.05) is 19.3 Å². The zero-order chi connectivity index (χ0) is 13.7. The van der Waals surface area contributed by atoms with Crippen molar-refractivity contribution in [1.29, 1.82) is 0 Å². The second-order valence-corrected chi connectivity index (χ2v) is 5.43. The van der Waals surface area contributed by atoms with E-state index < -0.39 is 0 Å². The van der Waals surface area contributed by atoms with Gasteiger partial charge in [0.2, 0.25) is 0 Å². The van der Waals surface area contributed by atoms with Crippen molar-refractivity contribution < 1.29 is 4.79 Å². The van der Waals surface area contributed by atoms with Crippen LogP contribution in [0.2, 0.25) is 5.02 Å². The molecule has 0 saturated carbocycles. The van der Waals surface area contributed by atoms with Crippen LogP contribution in [-0.2, 0) is 0 Å². The van der Waals surface area contributed by atoms with Crippen LogP contribution in [0.3, 0.4) is 0 Å². The van der Waals surface area contributed by atoms with Crippen LogP contribution in [0.5, 0.6) is 0 Å². The lowest BCUT2D eigenvalue weighted by Crippen LogP contribution is -2.39. The standard InChI is InChI=1S/C14H20ClN3O.2ClH/c1-16-7-4-11-5-8-18(9-6-11)14(19)13-3-2-12(15)10-17-13;;/h2-3,10-11,16H,4-9H2,1H3;2*1H. The average Bonchev–Trinajstić information content (AvgIpc) is 2.46. The fourth-order valence-corrected chi connectivity index (χ4v) is 2.55. The van der Waals surface area contributed by atoms with E-state index in [9.17, 15) is 4.79 Å². The van der Waals surface area contributed by atoms with Crippen molar-refractivity contribution in [2.75, 3.05) is 26.7 Å². The first-order chi connectivity index (χ1) is 9.20. The minimum atomic E-state index is 0. The van der Waals surface area contributed by atoms with E-state index in [1.54, 1.807) is 12.1 Å². The van der Waals surface area contributed by atoms with E-state index in [1.165, 1.54) is 12.6 Å². The molecule has 2 rings (SSSR count). The number of likely N-dealkylation sites (tertiary alicyclic amines) is 1. The van der Waals surface area contributed by atoms with Gasteiger partial charge in [-0.05, 0) is 50.9 Å². The number of rotatable bonds is 4. The summed E-state index contributed by atoms with van der Waals surface area (Å²) in [5, 5.41) is 3.73. The molecule has 1 saturated heterocycles. The maximum atomic E-state index is 12.2. The number of halogens is 3. The van der Waals surface area contributed by atoms with Crippen LogP contribution in [0.1, 0.15) is 29.8 Å². The summed E-state index contributed by atoms with van der Waals surface area (Å²) in [5.41, 5.74) is 0.484. The predicted octanol–water partition coefficient (Wildman–Crippen LogP) is 3.04. The summed E-state index contributed by atoms with van der Waals surface area (Å²) in [6, 6.07) is 3.40. The molecule has 0 bridgehead atoms. The van der Waals surface area contributed by atoms with E-state index in [0.717, 1.165) is 38.4 Å². The second-order valence-electron chi connectivity index (χ2n) is 4.99. The molecule has 1 amide bonds. The Labute approximate surface area is 143 Å². The van der Waals surface area contributed by atoms with Gasteiger partial charge in [-0.3, -0.25) is 4.79 Å². The first-order valence-corrected chi connectivity index (χ1v) is 7.14. The molecule has 1 fully saturated rings. The van der Waals surface area contributed by atoms with Gasteiger partial charge in [-0.1, -0.05) is 11.6 Å². The first-order valence-electron chi connectivity index (χ1n) is 6.76. The fraction of sp³-hybridized carbons (Fsp3) is 0.571. The van der Waals surface area contributed by atoms with E-state index >= 15 is 0 Å². The molecule has 1 aromatic heterocycles. The Hall–Kier alpha value is -0.550. The number of piperidine rings is 1. The minimum absolute atomic E-state index is 0. The number of pyridine rings is 1. The molecule has 0 unspecified atom stereocenters. The van der Waals surface area contributed by atoms with Gasteiger partial charge in [-0.15, -0.1) is 24.8 Å². The summed E-state index contributed by atoms with van der Waals surface area (Å²) in [6.07, 6.45) is 4.88. The van der Waals surface area contributed by atoms with Crippen molar-refractivity contribution in [1.82, 2.24) is 15.2 Å². The molecule has 7 heteroatoms. The highest BCUT2D eigenvalue weighted by atomic mass is 35.5. The van der Waals surface area contributed by atoms with Gasteiger partial charge in [0.25, 0.3) is 5.91 Å². The van der Waals surface area contributed by atoms with Crippen molar-refractivity contribution in [3.05, 3.63) is 29.0 Å². The Morgan fingerprint density at radius 2 is 2.05 bits per heavy atom. The molecule has 0 aliphatic carbocycles. The topological polar surface area (TPSA) is 45.2 Å². The van der Waals surface area contributed by atoms with Crippen molar-refractivity contribution in [2.45, 2.75) is 19.3 Å². The lowest BCUT2D eigenvalue weighted by atomic mass is 9.93. The summed E-state index contributed by atoms with van der Waals surface area (Å²) in [7, 11) is 1.98. The van der Waals surface area contributed by atoms with Crippen molar-refractivity contribution in [3.8, 4) is 0 Å². The molecule has 2 heterocycles. The molecule has 21 heavy (non-hydrogen) atoms. The van der Waals surface area contributed by atoms with Crippen molar-refractivity contribution >= 4 is 42.3 Å².